The Bertz CT molecular complexity index is 1150. The molecule has 0 aliphatic carbocycles. The zero-order valence-corrected chi connectivity index (χ0v) is 18.6. The fraction of sp³-hybridized carbons (Fsp3) is 0.261. The summed E-state index contributed by atoms with van der Waals surface area (Å²) < 4.78 is 83.3. The molecule has 1 aromatic heterocycles. The molecule has 192 valence electrons. The fourth-order valence-corrected chi connectivity index (χ4v) is 3.30. The molecule has 0 saturated carbocycles. The number of halogens is 6. The van der Waals surface area contributed by atoms with Crippen LogP contribution in [-0.2, 0) is 0 Å². The summed E-state index contributed by atoms with van der Waals surface area (Å²) >= 11 is 0. The molecule has 1 saturated heterocycles. The largest absolute Gasteiger partial charge is 0.475 e. The van der Waals surface area contributed by atoms with E-state index in [-0.39, 0.29) is 23.2 Å². The van der Waals surface area contributed by atoms with Crippen LogP contribution in [0.1, 0.15) is 24.2 Å². The average Bonchev–Trinajstić information content (AvgIpc) is 3.30. The topological polar surface area (TPSA) is 134 Å². The summed E-state index contributed by atoms with van der Waals surface area (Å²) in [5, 5.41) is 19.3. The molecule has 0 bridgehead atoms. The Morgan fingerprint density at radius 3 is 1.94 bits per heavy atom. The number of benzene rings is 1. The average molecular weight is 512 g/mol. The third-order valence-corrected chi connectivity index (χ3v) is 5.11. The fourth-order valence-electron chi connectivity index (χ4n) is 3.30. The molecule has 7 nitrogen and oxygen atoms in total. The van der Waals surface area contributed by atoms with Crippen molar-refractivity contribution in [2.45, 2.75) is 31.4 Å². The molecule has 0 amide bonds. The van der Waals surface area contributed by atoms with E-state index in [9.17, 15) is 26.3 Å². The predicted molar refractivity (Wildman–Crippen MR) is 122 cm³/mol. The minimum Gasteiger partial charge on any atom is -0.475 e. The summed E-state index contributed by atoms with van der Waals surface area (Å²) in [4.78, 5) is 3.92. The zero-order valence-electron chi connectivity index (χ0n) is 18.6. The van der Waals surface area contributed by atoms with Gasteiger partial charge < -0.3 is 16.2 Å². The highest BCUT2D eigenvalue weighted by molar-refractivity contribution is 6.10. The lowest BCUT2D eigenvalue weighted by atomic mass is 10.0. The minimum atomic E-state index is -4.90. The Morgan fingerprint density at radius 1 is 0.944 bits per heavy atom. The highest BCUT2D eigenvalue weighted by Crippen LogP contribution is 2.33. The van der Waals surface area contributed by atoms with E-state index in [1.807, 2.05) is 0 Å². The van der Waals surface area contributed by atoms with Crippen LogP contribution in [0, 0.1) is 10.8 Å². The first-order valence-electron chi connectivity index (χ1n) is 10.5. The van der Waals surface area contributed by atoms with Gasteiger partial charge in [-0.1, -0.05) is 18.2 Å². The number of hydrogen-bond acceptors (Lipinski definition) is 7. The summed E-state index contributed by atoms with van der Waals surface area (Å²) in [7, 11) is 0. The van der Waals surface area contributed by atoms with Gasteiger partial charge in [-0.05, 0) is 55.3 Å². The molecular formula is C23H22F6N6O. The number of hydrogen-bond donors (Lipinski definition) is 5. The van der Waals surface area contributed by atoms with Gasteiger partial charge in [-0.25, -0.2) is 4.98 Å². The lowest BCUT2D eigenvalue weighted by Gasteiger charge is -2.18. The van der Waals surface area contributed by atoms with Gasteiger partial charge in [0.2, 0.25) is 0 Å². The monoisotopic (exact) mass is 512 g/mol. The number of allylic oxidation sites excluding steroid dienone is 4. The van der Waals surface area contributed by atoms with Gasteiger partial charge in [-0.15, -0.1) is 0 Å². The van der Waals surface area contributed by atoms with Crippen molar-refractivity contribution in [2.75, 3.05) is 6.54 Å². The van der Waals surface area contributed by atoms with Crippen molar-refractivity contribution in [3.8, 4) is 16.9 Å². The van der Waals surface area contributed by atoms with Gasteiger partial charge in [0.05, 0.1) is 22.8 Å². The van der Waals surface area contributed by atoms with Crippen molar-refractivity contribution in [1.29, 1.82) is 10.8 Å². The minimum absolute atomic E-state index is 0.246. The number of aromatic nitrogens is 1. The van der Waals surface area contributed by atoms with Gasteiger partial charge in [0, 0.05) is 5.56 Å². The molecule has 0 spiro atoms. The first kappa shape index (κ1) is 26.7. The molecule has 1 unspecified atom stereocenters. The van der Waals surface area contributed by atoms with Crippen molar-refractivity contribution >= 4 is 11.4 Å². The zero-order chi connectivity index (χ0) is 26.7. The highest BCUT2D eigenvalue weighted by atomic mass is 19.4. The molecule has 2 heterocycles. The number of rotatable bonds is 7. The summed E-state index contributed by atoms with van der Waals surface area (Å²) in [6.07, 6.45) is -7.79. The Labute approximate surface area is 201 Å². The standard InChI is InChI=1S/C23H22F6N6O/c24-22(25,26)19(32)10-14(30)16-8-12(9-17(35-16)15(31)11-20(33)23(27,28)29)13-4-1-2-5-18(13)36-21-6-3-7-34-21/h1-2,4-5,8-11,21,30-31,34H,3,6-7,32-33H2. The van der Waals surface area contributed by atoms with Crippen LogP contribution in [-0.4, -0.2) is 41.5 Å². The van der Waals surface area contributed by atoms with Crippen molar-refractivity contribution in [2.24, 2.45) is 11.5 Å². The summed E-state index contributed by atoms with van der Waals surface area (Å²) in [5.41, 5.74) is 5.35. The predicted octanol–water partition coefficient (Wildman–Crippen LogP) is 4.38. The lowest BCUT2D eigenvalue weighted by Crippen LogP contribution is -2.27. The molecule has 1 aromatic carbocycles. The van der Waals surface area contributed by atoms with Crippen LogP contribution in [0.25, 0.3) is 11.1 Å². The van der Waals surface area contributed by atoms with Gasteiger partial charge in [0.25, 0.3) is 0 Å². The summed E-state index contributed by atoms with van der Waals surface area (Å²) in [5.74, 6) is 0.383. The summed E-state index contributed by atoms with van der Waals surface area (Å²) in [6.45, 7) is 0.755. The second kappa shape index (κ2) is 10.4. The Balaban J connectivity index is 2.12. The second-order valence-corrected chi connectivity index (χ2v) is 7.85. The molecule has 0 radical (unpaired) electrons. The maximum absolute atomic E-state index is 12.9. The van der Waals surface area contributed by atoms with E-state index >= 15 is 0 Å². The van der Waals surface area contributed by atoms with E-state index in [0.717, 1.165) is 19.4 Å². The number of nitrogens with two attached hydrogens (primary N) is 2. The first-order chi connectivity index (χ1) is 16.8. The molecule has 3 rings (SSSR count). The molecule has 13 heteroatoms. The normalized spacial score (nSPS) is 17.2. The van der Waals surface area contributed by atoms with Crippen LogP contribution in [0.15, 0.2) is 59.9 Å². The van der Waals surface area contributed by atoms with E-state index in [4.69, 9.17) is 27.0 Å². The van der Waals surface area contributed by atoms with E-state index in [1.165, 1.54) is 12.1 Å². The number of para-hydroxylation sites is 1. The van der Waals surface area contributed by atoms with E-state index in [1.54, 1.807) is 24.3 Å². The number of nitrogens with zero attached hydrogens (tertiary/aromatic N) is 1. The molecule has 1 aliphatic rings. The molecular weight excluding hydrogens is 490 g/mol. The Kier molecular flexibility index (Phi) is 7.72. The van der Waals surface area contributed by atoms with Gasteiger partial charge in [-0.3, -0.25) is 16.1 Å². The van der Waals surface area contributed by atoms with E-state index < -0.39 is 35.2 Å². The van der Waals surface area contributed by atoms with Gasteiger partial charge in [0.1, 0.15) is 23.4 Å². The van der Waals surface area contributed by atoms with Crippen LogP contribution in [0.5, 0.6) is 5.75 Å². The van der Waals surface area contributed by atoms with Crippen LogP contribution >= 0.6 is 0 Å². The van der Waals surface area contributed by atoms with Crippen molar-refractivity contribution < 1.29 is 31.1 Å². The van der Waals surface area contributed by atoms with E-state index in [0.29, 0.717) is 23.5 Å². The van der Waals surface area contributed by atoms with Crippen molar-refractivity contribution in [1.82, 2.24) is 10.3 Å². The Hall–Kier alpha value is -3.87. The molecule has 36 heavy (non-hydrogen) atoms. The van der Waals surface area contributed by atoms with Crippen LogP contribution < -0.4 is 21.5 Å². The molecule has 2 aromatic rings. The van der Waals surface area contributed by atoms with E-state index in [2.05, 4.69) is 10.3 Å². The van der Waals surface area contributed by atoms with Gasteiger partial charge in [0.15, 0.2) is 0 Å². The SMILES string of the molecule is N=C(C=C(N)C(F)(F)F)c1cc(-c2ccccc2OC2CCCN2)cc(C(=N)C=C(N)C(F)(F)F)n1. The third-order valence-electron chi connectivity index (χ3n) is 5.11. The van der Waals surface area contributed by atoms with Crippen molar-refractivity contribution in [3.05, 3.63) is 71.3 Å². The molecule has 1 atom stereocenters. The Morgan fingerprint density at radius 2 is 1.47 bits per heavy atom. The smallest absolute Gasteiger partial charge is 0.430 e. The maximum atomic E-state index is 12.9. The maximum Gasteiger partial charge on any atom is 0.430 e. The van der Waals surface area contributed by atoms with Crippen molar-refractivity contribution in [3.63, 3.8) is 0 Å². The highest BCUT2D eigenvalue weighted by Gasteiger charge is 2.33. The second-order valence-electron chi connectivity index (χ2n) is 7.85. The quantitative estimate of drug-likeness (QED) is 0.277. The molecule has 1 aliphatic heterocycles. The number of nitrogens with one attached hydrogen (secondary N) is 3. The third kappa shape index (κ3) is 6.62. The summed E-state index contributed by atoms with van der Waals surface area (Å²) in [6, 6.07) is 9.15. The molecule has 7 N–H and O–H groups in total. The van der Waals surface area contributed by atoms with Gasteiger partial charge >= 0.3 is 12.4 Å². The number of alkyl halides is 6. The molecule has 1 fully saturated rings. The number of ether oxygens (including phenoxy) is 1. The van der Waals surface area contributed by atoms with Crippen LogP contribution in [0.4, 0.5) is 26.3 Å². The van der Waals surface area contributed by atoms with Crippen LogP contribution in [0.2, 0.25) is 0 Å². The van der Waals surface area contributed by atoms with Gasteiger partial charge in [-0.2, -0.15) is 26.3 Å². The lowest BCUT2D eigenvalue weighted by molar-refractivity contribution is -0.0933. The number of pyridine rings is 1. The first-order valence-corrected chi connectivity index (χ1v) is 10.5. The van der Waals surface area contributed by atoms with Crippen LogP contribution in [0.3, 0.4) is 0 Å².